The molecule has 0 atom stereocenters. The number of para-hydroxylation sites is 1. The van der Waals surface area contributed by atoms with E-state index in [2.05, 4.69) is 10.5 Å². The lowest BCUT2D eigenvalue weighted by Crippen LogP contribution is -2.17. The van der Waals surface area contributed by atoms with Crippen LogP contribution >= 0.6 is 0 Å². The Morgan fingerprint density at radius 1 is 0.931 bits per heavy atom. The molecule has 0 bridgehead atoms. The summed E-state index contributed by atoms with van der Waals surface area (Å²) in [4.78, 5) is 12.3. The number of ether oxygens (including phenoxy) is 2. The van der Waals surface area contributed by atoms with Crippen LogP contribution in [0.2, 0.25) is 0 Å². The average molecular weight is 388 g/mol. The lowest BCUT2D eigenvalue weighted by atomic mass is 10.2. The first-order valence-electron chi connectivity index (χ1n) is 9.58. The van der Waals surface area contributed by atoms with Crippen LogP contribution in [0.15, 0.2) is 84.0 Å². The van der Waals surface area contributed by atoms with Crippen LogP contribution in [-0.2, 0) is 6.61 Å². The normalized spacial score (nSPS) is 10.7. The Morgan fingerprint density at radius 3 is 2.41 bits per heavy atom. The van der Waals surface area contributed by atoms with Crippen molar-refractivity contribution >= 4 is 12.1 Å². The largest absolute Gasteiger partial charge is 0.494 e. The third kappa shape index (κ3) is 6.21. The summed E-state index contributed by atoms with van der Waals surface area (Å²) in [5.74, 6) is 1.16. The standard InChI is InChI=1S/C24H24N2O3/c1-2-16-28-22-14-12-20(13-15-22)24(27)26-25-17-21-10-6-7-11-23(21)29-18-19-8-4-3-5-9-19/h3-15,17H,2,16,18H2,1H3,(H,26,27)/b25-17+. The molecule has 3 rings (SSSR count). The van der Waals surface area contributed by atoms with Gasteiger partial charge in [0, 0.05) is 11.1 Å². The molecule has 1 amide bonds. The van der Waals surface area contributed by atoms with E-state index in [1.165, 1.54) is 0 Å². The molecule has 3 aromatic carbocycles. The van der Waals surface area contributed by atoms with Gasteiger partial charge in [0.05, 0.1) is 12.8 Å². The fraction of sp³-hybridized carbons (Fsp3) is 0.167. The van der Waals surface area contributed by atoms with Gasteiger partial charge in [0.1, 0.15) is 18.1 Å². The lowest BCUT2D eigenvalue weighted by Gasteiger charge is -2.09. The highest BCUT2D eigenvalue weighted by molar-refractivity contribution is 5.95. The minimum Gasteiger partial charge on any atom is -0.494 e. The number of benzene rings is 3. The number of nitrogens with zero attached hydrogens (tertiary/aromatic N) is 1. The highest BCUT2D eigenvalue weighted by Crippen LogP contribution is 2.17. The number of hydrogen-bond donors (Lipinski definition) is 1. The van der Waals surface area contributed by atoms with Gasteiger partial charge in [-0.05, 0) is 48.4 Å². The second-order valence-electron chi connectivity index (χ2n) is 6.38. The summed E-state index contributed by atoms with van der Waals surface area (Å²) in [6, 6.07) is 24.5. The molecule has 29 heavy (non-hydrogen) atoms. The fourth-order valence-corrected chi connectivity index (χ4v) is 2.60. The van der Waals surface area contributed by atoms with Gasteiger partial charge in [0.25, 0.3) is 5.91 Å². The summed E-state index contributed by atoms with van der Waals surface area (Å²) >= 11 is 0. The van der Waals surface area contributed by atoms with Crippen molar-refractivity contribution < 1.29 is 14.3 Å². The van der Waals surface area contributed by atoms with E-state index in [4.69, 9.17) is 9.47 Å². The molecule has 3 aromatic rings. The van der Waals surface area contributed by atoms with E-state index in [1.54, 1.807) is 30.5 Å². The lowest BCUT2D eigenvalue weighted by molar-refractivity contribution is 0.0955. The number of amides is 1. The number of hydrazone groups is 1. The second-order valence-corrected chi connectivity index (χ2v) is 6.38. The molecule has 0 spiro atoms. The number of nitrogens with one attached hydrogen (secondary N) is 1. The highest BCUT2D eigenvalue weighted by atomic mass is 16.5. The molecule has 0 unspecified atom stereocenters. The first-order valence-corrected chi connectivity index (χ1v) is 9.58. The Kier molecular flexibility index (Phi) is 7.41. The van der Waals surface area contributed by atoms with Crippen LogP contribution in [0.1, 0.15) is 34.8 Å². The van der Waals surface area contributed by atoms with E-state index in [1.807, 2.05) is 61.5 Å². The summed E-state index contributed by atoms with van der Waals surface area (Å²) in [7, 11) is 0. The quantitative estimate of drug-likeness (QED) is 0.422. The van der Waals surface area contributed by atoms with Crippen molar-refractivity contribution in [3.63, 3.8) is 0 Å². The van der Waals surface area contributed by atoms with Crippen molar-refractivity contribution in [2.45, 2.75) is 20.0 Å². The van der Waals surface area contributed by atoms with Crippen LogP contribution in [0, 0.1) is 0 Å². The van der Waals surface area contributed by atoms with Gasteiger partial charge in [-0.15, -0.1) is 0 Å². The molecule has 0 aliphatic heterocycles. The van der Waals surface area contributed by atoms with Crippen molar-refractivity contribution in [3.05, 3.63) is 95.6 Å². The van der Waals surface area contributed by atoms with Gasteiger partial charge in [0.2, 0.25) is 0 Å². The van der Waals surface area contributed by atoms with E-state index < -0.39 is 0 Å². The van der Waals surface area contributed by atoms with E-state index in [0.717, 1.165) is 23.3 Å². The summed E-state index contributed by atoms with van der Waals surface area (Å²) in [5.41, 5.74) is 4.93. The van der Waals surface area contributed by atoms with Crippen LogP contribution < -0.4 is 14.9 Å². The minimum absolute atomic E-state index is 0.286. The summed E-state index contributed by atoms with van der Waals surface area (Å²) in [5, 5.41) is 4.07. The van der Waals surface area contributed by atoms with Gasteiger partial charge in [-0.2, -0.15) is 5.10 Å². The summed E-state index contributed by atoms with van der Waals surface area (Å²) in [6.07, 6.45) is 2.52. The molecular weight excluding hydrogens is 364 g/mol. The fourth-order valence-electron chi connectivity index (χ4n) is 2.60. The molecule has 5 nitrogen and oxygen atoms in total. The average Bonchev–Trinajstić information content (AvgIpc) is 2.78. The molecule has 0 saturated carbocycles. The molecule has 5 heteroatoms. The van der Waals surface area contributed by atoms with Crippen molar-refractivity contribution in [2.24, 2.45) is 5.10 Å². The maximum atomic E-state index is 12.3. The second kappa shape index (κ2) is 10.7. The van der Waals surface area contributed by atoms with Crippen LogP contribution in [0.5, 0.6) is 11.5 Å². The zero-order chi connectivity index (χ0) is 20.3. The van der Waals surface area contributed by atoms with Crippen molar-refractivity contribution in [3.8, 4) is 11.5 Å². The monoisotopic (exact) mass is 388 g/mol. The van der Waals surface area contributed by atoms with Crippen LogP contribution in [0.3, 0.4) is 0 Å². The Hall–Kier alpha value is -3.60. The van der Waals surface area contributed by atoms with E-state index >= 15 is 0 Å². The predicted molar refractivity (Wildman–Crippen MR) is 115 cm³/mol. The van der Waals surface area contributed by atoms with Gasteiger partial charge in [-0.3, -0.25) is 4.79 Å². The Balaban J connectivity index is 1.57. The SMILES string of the molecule is CCCOc1ccc(C(=O)N/N=C/c2ccccc2OCc2ccccc2)cc1. The van der Waals surface area contributed by atoms with Gasteiger partial charge < -0.3 is 9.47 Å². The van der Waals surface area contributed by atoms with E-state index in [-0.39, 0.29) is 5.91 Å². The number of rotatable bonds is 9. The number of carbonyl (C=O) groups is 1. The van der Waals surface area contributed by atoms with Gasteiger partial charge in [-0.25, -0.2) is 5.43 Å². The van der Waals surface area contributed by atoms with Gasteiger partial charge in [-0.1, -0.05) is 49.4 Å². The molecule has 0 radical (unpaired) electrons. The molecule has 0 heterocycles. The van der Waals surface area contributed by atoms with Crippen LogP contribution in [0.25, 0.3) is 0 Å². The maximum Gasteiger partial charge on any atom is 0.271 e. The first kappa shape index (κ1) is 20.1. The zero-order valence-corrected chi connectivity index (χ0v) is 16.4. The molecular formula is C24H24N2O3. The molecule has 0 aliphatic carbocycles. The van der Waals surface area contributed by atoms with Crippen LogP contribution in [0.4, 0.5) is 0 Å². The first-order chi connectivity index (χ1) is 14.3. The molecule has 148 valence electrons. The molecule has 1 N–H and O–H groups in total. The molecule has 0 fully saturated rings. The molecule has 0 saturated heterocycles. The van der Waals surface area contributed by atoms with Crippen molar-refractivity contribution in [2.75, 3.05) is 6.61 Å². The minimum atomic E-state index is -0.286. The molecule has 0 aliphatic rings. The highest BCUT2D eigenvalue weighted by Gasteiger charge is 2.05. The summed E-state index contributed by atoms with van der Waals surface area (Å²) < 4.78 is 11.4. The number of carbonyl (C=O) groups excluding carboxylic acids is 1. The van der Waals surface area contributed by atoms with Crippen molar-refractivity contribution in [1.82, 2.24) is 5.43 Å². The third-order valence-corrected chi connectivity index (χ3v) is 4.12. The smallest absolute Gasteiger partial charge is 0.271 e. The Labute approximate surface area is 171 Å². The Bertz CT molecular complexity index is 938. The summed E-state index contributed by atoms with van der Waals surface area (Å²) in [6.45, 7) is 3.16. The maximum absolute atomic E-state index is 12.3. The third-order valence-electron chi connectivity index (χ3n) is 4.12. The van der Waals surface area contributed by atoms with E-state index in [9.17, 15) is 4.79 Å². The topological polar surface area (TPSA) is 59.9 Å². The zero-order valence-electron chi connectivity index (χ0n) is 16.4. The molecule has 0 aromatic heterocycles. The number of hydrogen-bond acceptors (Lipinski definition) is 4. The van der Waals surface area contributed by atoms with Crippen molar-refractivity contribution in [1.29, 1.82) is 0 Å². The van der Waals surface area contributed by atoms with Gasteiger partial charge >= 0.3 is 0 Å². The Morgan fingerprint density at radius 2 is 1.66 bits per heavy atom. The van der Waals surface area contributed by atoms with Gasteiger partial charge in [0.15, 0.2) is 0 Å². The van der Waals surface area contributed by atoms with E-state index in [0.29, 0.717) is 24.5 Å². The van der Waals surface area contributed by atoms with Crippen LogP contribution in [-0.4, -0.2) is 18.7 Å². The predicted octanol–water partition coefficient (Wildman–Crippen LogP) is 4.82.